The first kappa shape index (κ1) is 17.0. The minimum absolute atomic E-state index is 0.178. The molecule has 1 aromatic heterocycles. The maximum Gasteiger partial charge on any atom is 0.257 e. The van der Waals surface area contributed by atoms with Gasteiger partial charge in [-0.25, -0.2) is 0 Å². The van der Waals surface area contributed by atoms with Gasteiger partial charge in [0.25, 0.3) is 5.91 Å². The average Bonchev–Trinajstić information content (AvgIpc) is 2.67. The maximum absolute atomic E-state index is 13.1. The summed E-state index contributed by atoms with van der Waals surface area (Å²) in [7, 11) is 0. The first-order valence-electron chi connectivity index (χ1n) is 8.76. The number of rotatable bonds is 4. The van der Waals surface area contributed by atoms with Gasteiger partial charge in [0.05, 0.1) is 11.8 Å². The summed E-state index contributed by atoms with van der Waals surface area (Å²) < 4.78 is 1.95. The standard InChI is InChI=1S/C18H31N3O/c1-13(2)11-16-9-7-6-8-10-20(16)18(22)17-12-19-21(14(3)4)15(17)5/h12-14,16H,6-11H2,1-5H3. The fourth-order valence-corrected chi connectivity index (χ4v) is 3.54. The Kier molecular flexibility index (Phi) is 5.65. The predicted octanol–water partition coefficient (Wildman–Crippen LogP) is 4.20. The van der Waals surface area contributed by atoms with Crippen LogP contribution < -0.4 is 0 Å². The van der Waals surface area contributed by atoms with Gasteiger partial charge in [-0.3, -0.25) is 9.48 Å². The zero-order valence-corrected chi connectivity index (χ0v) is 14.8. The van der Waals surface area contributed by atoms with Crippen molar-refractivity contribution < 1.29 is 4.79 Å². The molecule has 124 valence electrons. The Morgan fingerprint density at radius 2 is 2.00 bits per heavy atom. The van der Waals surface area contributed by atoms with Crippen LogP contribution >= 0.6 is 0 Å². The molecule has 1 atom stereocenters. The van der Waals surface area contributed by atoms with Crippen LogP contribution in [0.2, 0.25) is 0 Å². The van der Waals surface area contributed by atoms with Crippen LogP contribution in [0.4, 0.5) is 0 Å². The van der Waals surface area contributed by atoms with Gasteiger partial charge in [0, 0.05) is 24.3 Å². The molecule has 0 N–H and O–H groups in total. The molecule has 1 aliphatic heterocycles. The summed E-state index contributed by atoms with van der Waals surface area (Å²) in [5.74, 6) is 0.801. The molecular weight excluding hydrogens is 274 g/mol. The van der Waals surface area contributed by atoms with E-state index in [1.165, 1.54) is 12.8 Å². The van der Waals surface area contributed by atoms with Gasteiger partial charge in [0.2, 0.25) is 0 Å². The lowest BCUT2D eigenvalue weighted by Gasteiger charge is -2.31. The van der Waals surface area contributed by atoms with Crippen LogP contribution in [0, 0.1) is 12.8 Å². The van der Waals surface area contributed by atoms with E-state index in [9.17, 15) is 4.79 Å². The molecule has 1 aromatic rings. The second-order valence-corrected chi connectivity index (χ2v) is 7.31. The number of hydrogen-bond donors (Lipinski definition) is 0. The van der Waals surface area contributed by atoms with Crippen LogP contribution in [0.15, 0.2) is 6.20 Å². The second-order valence-electron chi connectivity index (χ2n) is 7.31. The molecule has 1 fully saturated rings. The molecule has 0 aliphatic carbocycles. The molecule has 1 aliphatic rings. The Bertz CT molecular complexity index is 504. The van der Waals surface area contributed by atoms with Crippen LogP contribution in [0.25, 0.3) is 0 Å². The summed E-state index contributed by atoms with van der Waals surface area (Å²) in [6.07, 6.45) is 7.60. The van der Waals surface area contributed by atoms with Gasteiger partial charge in [-0.2, -0.15) is 5.10 Å². The van der Waals surface area contributed by atoms with E-state index in [-0.39, 0.29) is 11.9 Å². The second kappa shape index (κ2) is 7.30. The van der Waals surface area contributed by atoms with Crippen molar-refractivity contribution in [1.29, 1.82) is 0 Å². The van der Waals surface area contributed by atoms with Crippen LogP contribution in [0.3, 0.4) is 0 Å². The highest BCUT2D eigenvalue weighted by atomic mass is 16.2. The molecule has 0 spiro atoms. The van der Waals surface area contributed by atoms with E-state index in [0.29, 0.717) is 12.0 Å². The molecule has 1 unspecified atom stereocenters. The lowest BCUT2D eigenvalue weighted by molar-refractivity contribution is 0.0660. The van der Waals surface area contributed by atoms with Gasteiger partial charge >= 0.3 is 0 Å². The minimum atomic E-state index is 0.178. The Hall–Kier alpha value is -1.32. The monoisotopic (exact) mass is 305 g/mol. The first-order valence-corrected chi connectivity index (χ1v) is 8.76. The van der Waals surface area contributed by atoms with Crippen molar-refractivity contribution in [2.75, 3.05) is 6.54 Å². The van der Waals surface area contributed by atoms with E-state index >= 15 is 0 Å². The normalized spacial score (nSPS) is 19.8. The highest BCUT2D eigenvalue weighted by molar-refractivity contribution is 5.95. The molecule has 22 heavy (non-hydrogen) atoms. The molecule has 4 nitrogen and oxygen atoms in total. The molecule has 0 bridgehead atoms. The Morgan fingerprint density at radius 1 is 1.27 bits per heavy atom. The number of amides is 1. The summed E-state index contributed by atoms with van der Waals surface area (Å²) in [5, 5.41) is 4.41. The van der Waals surface area contributed by atoms with Gasteiger partial charge in [-0.1, -0.05) is 26.7 Å². The number of nitrogens with zero attached hydrogens (tertiary/aromatic N) is 3. The molecule has 0 saturated carbocycles. The maximum atomic E-state index is 13.1. The summed E-state index contributed by atoms with van der Waals surface area (Å²) in [6.45, 7) is 11.6. The highest BCUT2D eigenvalue weighted by Gasteiger charge is 2.29. The van der Waals surface area contributed by atoms with Crippen molar-refractivity contribution in [3.05, 3.63) is 17.5 Å². The fourth-order valence-electron chi connectivity index (χ4n) is 3.54. The van der Waals surface area contributed by atoms with E-state index in [0.717, 1.165) is 37.1 Å². The summed E-state index contributed by atoms with van der Waals surface area (Å²) in [4.78, 5) is 15.2. The molecule has 2 heterocycles. The number of carbonyl (C=O) groups excluding carboxylic acids is 1. The van der Waals surface area contributed by atoms with Crippen LogP contribution in [0.1, 0.15) is 81.9 Å². The Morgan fingerprint density at radius 3 is 2.59 bits per heavy atom. The summed E-state index contributed by atoms with van der Waals surface area (Å²) in [6, 6.07) is 0.675. The number of aromatic nitrogens is 2. The first-order chi connectivity index (χ1) is 10.4. The van der Waals surface area contributed by atoms with Crippen molar-refractivity contribution in [1.82, 2.24) is 14.7 Å². The number of carbonyl (C=O) groups is 1. The van der Waals surface area contributed by atoms with Crippen molar-refractivity contribution >= 4 is 5.91 Å². The summed E-state index contributed by atoms with van der Waals surface area (Å²) >= 11 is 0. The van der Waals surface area contributed by atoms with Crippen LogP contribution in [0.5, 0.6) is 0 Å². The third-order valence-electron chi connectivity index (χ3n) is 4.65. The number of hydrogen-bond acceptors (Lipinski definition) is 2. The van der Waals surface area contributed by atoms with E-state index in [1.54, 1.807) is 6.20 Å². The third kappa shape index (κ3) is 3.71. The van der Waals surface area contributed by atoms with E-state index in [4.69, 9.17) is 0 Å². The lowest BCUT2D eigenvalue weighted by Crippen LogP contribution is -2.41. The molecule has 1 saturated heterocycles. The van der Waals surface area contributed by atoms with Gasteiger partial charge in [0.1, 0.15) is 0 Å². The average molecular weight is 305 g/mol. The van der Waals surface area contributed by atoms with Crippen LogP contribution in [-0.2, 0) is 0 Å². The molecule has 0 aromatic carbocycles. The molecular formula is C18H31N3O. The summed E-state index contributed by atoms with van der Waals surface area (Å²) in [5.41, 5.74) is 1.77. The van der Waals surface area contributed by atoms with Gasteiger partial charge in [-0.15, -0.1) is 0 Å². The smallest absolute Gasteiger partial charge is 0.257 e. The van der Waals surface area contributed by atoms with Crippen LogP contribution in [-0.4, -0.2) is 33.2 Å². The lowest BCUT2D eigenvalue weighted by atomic mass is 9.98. The Balaban J connectivity index is 2.24. The largest absolute Gasteiger partial charge is 0.336 e. The molecule has 2 rings (SSSR count). The van der Waals surface area contributed by atoms with E-state index in [2.05, 4.69) is 37.7 Å². The SMILES string of the molecule is Cc1c(C(=O)N2CCCCCC2CC(C)C)cnn1C(C)C. The quantitative estimate of drug-likeness (QED) is 0.836. The Labute approximate surface area is 134 Å². The van der Waals surface area contributed by atoms with Crippen molar-refractivity contribution in [3.63, 3.8) is 0 Å². The van der Waals surface area contributed by atoms with Gasteiger partial charge in [-0.05, 0) is 46.0 Å². The third-order valence-corrected chi connectivity index (χ3v) is 4.65. The molecule has 0 radical (unpaired) electrons. The van der Waals surface area contributed by atoms with Crippen molar-refractivity contribution in [3.8, 4) is 0 Å². The molecule has 1 amide bonds. The zero-order valence-electron chi connectivity index (χ0n) is 14.8. The van der Waals surface area contributed by atoms with Gasteiger partial charge < -0.3 is 4.90 Å². The molecule has 4 heteroatoms. The minimum Gasteiger partial charge on any atom is -0.336 e. The van der Waals surface area contributed by atoms with E-state index in [1.807, 2.05) is 11.6 Å². The predicted molar refractivity (Wildman–Crippen MR) is 90.1 cm³/mol. The van der Waals surface area contributed by atoms with Crippen molar-refractivity contribution in [2.45, 2.75) is 78.8 Å². The zero-order chi connectivity index (χ0) is 16.3. The number of likely N-dealkylation sites (tertiary alicyclic amines) is 1. The fraction of sp³-hybridized carbons (Fsp3) is 0.778. The van der Waals surface area contributed by atoms with Crippen molar-refractivity contribution in [2.24, 2.45) is 5.92 Å². The van der Waals surface area contributed by atoms with E-state index < -0.39 is 0 Å². The topological polar surface area (TPSA) is 38.1 Å². The van der Waals surface area contributed by atoms with Gasteiger partial charge in [0.15, 0.2) is 0 Å². The highest BCUT2D eigenvalue weighted by Crippen LogP contribution is 2.25.